The minimum Gasteiger partial charge on any atom is -0.328 e. The van der Waals surface area contributed by atoms with Crippen molar-refractivity contribution in [1.29, 1.82) is 0 Å². The van der Waals surface area contributed by atoms with Crippen LogP contribution in [0.4, 0.5) is 4.39 Å². The van der Waals surface area contributed by atoms with Crippen LogP contribution in [0.1, 0.15) is 50.2 Å². The van der Waals surface area contributed by atoms with Gasteiger partial charge in [0.15, 0.2) is 0 Å². The number of hydrogen-bond donors (Lipinski definition) is 1. The molecule has 1 aliphatic rings. The third kappa shape index (κ3) is 4.03. The first-order valence-corrected chi connectivity index (χ1v) is 7.84. The van der Waals surface area contributed by atoms with Crippen molar-refractivity contribution in [2.45, 2.75) is 64.6 Å². The molecule has 1 saturated carbocycles. The van der Waals surface area contributed by atoms with Gasteiger partial charge in [0.2, 0.25) is 0 Å². The first kappa shape index (κ1) is 15.5. The van der Waals surface area contributed by atoms with E-state index in [-0.39, 0.29) is 5.82 Å². The van der Waals surface area contributed by atoms with E-state index in [1.807, 2.05) is 19.1 Å². The molecule has 0 heterocycles. The van der Waals surface area contributed by atoms with Crippen LogP contribution in [-0.2, 0) is 6.54 Å². The van der Waals surface area contributed by atoms with Gasteiger partial charge in [0.25, 0.3) is 0 Å². The molecule has 0 bridgehead atoms. The zero-order valence-corrected chi connectivity index (χ0v) is 12.7. The second kappa shape index (κ2) is 7.19. The smallest absolute Gasteiger partial charge is 0.126 e. The summed E-state index contributed by atoms with van der Waals surface area (Å²) in [6.45, 7) is 6.09. The fourth-order valence-corrected chi connectivity index (χ4v) is 3.18. The summed E-state index contributed by atoms with van der Waals surface area (Å²) in [5.41, 5.74) is 7.96. The van der Waals surface area contributed by atoms with Crippen LogP contribution in [0.15, 0.2) is 18.2 Å². The number of rotatable bonds is 5. The van der Waals surface area contributed by atoms with E-state index in [9.17, 15) is 4.39 Å². The maximum absolute atomic E-state index is 13.4. The number of aryl methyl sites for hydroxylation is 1. The summed E-state index contributed by atoms with van der Waals surface area (Å²) in [6.07, 6.45) is 5.81. The highest BCUT2D eigenvalue weighted by Crippen LogP contribution is 2.24. The van der Waals surface area contributed by atoms with Crippen LogP contribution in [0.25, 0.3) is 0 Å². The van der Waals surface area contributed by atoms with Crippen LogP contribution in [-0.4, -0.2) is 23.5 Å². The Hall–Kier alpha value is -0.930. The molecule has 0 atom stereocenters. The monoisotopic (exact) mass is 278 g/mol. The quantitative estimate of drug-likeness (QED) is 0.891. The molecule has 0 aliphatic heterocycles. The predicted octanol–water partition coefficient (Wildman–Crippen LogP) is 3.62. The van der Waals surface area contributed by atoms with Crippen molar-refractivity contribution in [3.63, 3.8) is 0 Å². The Bertz CT molecular complexity index is 425. The molecule has 0 amide bonds. The fourth-order valence-electron chi connectivity index (χ4n) is 3.18. The highest BCUT2D eigenvalue weighted by molar-refractivity contribution is 5.23. The van der Waals surface area contributed by atoms with Crippen molar-refractivity contribution in [1.82, 2.24) is 4.90 Å². The molecule has 0 radical (unpaired) electrons. The summed E-state index contributed by atoms with van der Waals surface area (Å²) in [6, 6.07) is 6.51. The van der Waals surface area contributed by atoms with Gasteiger partial charge in [-0.25, -0.2) is 4.39 Å². The highest BCUT2D eigenvalue weighted by atomic mass is 19.1. The first-order chi connectivity index (χ1) is 9.60. The van der Waals surface area contributed by atoms with Gasteiger partial charge in [-0.05, 0) is 62.8 Å². The molecule has 20 heavy (non-hydrogen) atoms. The summed E-state index contributed by atoms with van der Waals surface area (Å²) in [5, 5.41) is 0. The standard InChI is InChI=1S/C17H27FN2/c1-3-10-20(16-7-5-15(19)6-8-16)12-14-4-9-17(18)13(2)11-14/h4,9,11,15-16H,3,5-8,10,12,19H2,1-2H3. The normalized spacial score (nSPS) is 23.2. The van der Waals surface area contributed by atoms with Gasteiger partial charge in [-0.3, -0.25) is 4.90 Å². The summed E-state index contributed by atoms with van der Waals surface area (Å²) in [5.74, 6) is -0.112. The molecule has 2 nitrogen and oxygen atoms in total. The Morgan fingerprint density at radius 3 is 2.55 bits per heavy atom. The maximum atomic E-state index is 13.4. The van der Waals surface area contributed by atoms with Crippen molar-refractivity contribution in [2.24, 2.45) is 5.73 Å². The van der Waals surface area contributed by atoms with E-state index in [2.05, 4.69) is 11.8 Å². The van der Waals surface area contributed by atoms with Gasteiger partial charge in [0, 0.05) is 18.6 Å². The molecule has 1 aromatic carbocycles. The SMILES string of the molecule is CCCN(Cc1ccc(F)c(C)c1)C1CCC(N)CC1. The van der Waals surface area contributed by atoms with E-state index < -0.39 is 0 Å². The molecule has 0 saturated heterocycles. The van der Waals surface area contributed by atoms with E-state index in [4.69, 9.17) is 5.73 Å². The average molecular weight is 278 g/mol. The first-order valence-electron chi connectivity index (χ1n) is 7.84. The van der Waals surface area contributed by atoms with Crippen LogP contribution < -0.4 is 5.73 Å². The minimum absolute atomic E-state index is 0.112. The van der Waals surface area contributed by atoms with Crippen LogP contribution >= 0.6 is 0 Å². The van der Waals surface area contributed by atoms with Crippen molar-refractivity contribution < 1.29 is 4.39 Å². The van der Waals surface area contributed by atoms with E-state index in [0.717, 1.165) is 37.9 Å². The molecule has 1 aliphatic carbocycles. The molecule has 1 fully saturated rings. The lowest BCUT2D eigenvalue weighted by atomic mass is 9.90. The average Bonchev–Trinajstić information content (AvgIpc) is 2.43. The summed E-state index contributed by atoms with van der Waals surface area (Å²) in [7, 11) is 0. The molecule has 2 N–H and O–H groups in total. The Morgan fingerprint density at radius 2 is 1.95 bits per heavy atom. The molecular weight excluding hydrogens is 251 g/mol. The number of nitrogens with two attached hydrogens (primary N) is 1. The van der Waals surface area contributed by atoms with E-state index >= 15 is 0 Å². The zero-order chi connectivity index (χ0) is 14.5. The van der Waals surface area contributed by atoms with Crippen LogP contribution in [0.5, 0.6) is 0 Å². The highest BCUT2D eigenvalue weighted by Gasteiger charge is 2.23. The lowest BCUT2D eigenvalue weighted by Crippen LogP contribution is -2.40. The summed E-state index contributed by atoms with van der Waals surface area (Å²) >= 11 is 0. The number of nitrogens with zero attached hydrogens (tertiary/aromatic N) is 1. The van der Waals surface area contributed by atoms with Gasteiger partial charge in [-0.1, -0.05) is 19.1 Å². The van der Waals surface area contributed by atoms with Gasteiger partial charge in [0.05, 0.1) is 0 Å². The third-order valence-electron chi connectivity index (χ3n) is 4.38. The molecule has 1 aromatic rings. The molecule has 0 unspecified atom stereocenters. The number of hydrogen-bond acceptors (Lipinski definition) is 2. The van der Waals surface area contributed by atoms with Crippen LogP contribution in [0.3, 0.4) is 0 Å². The van der Waals surface area contributed by atoms with Crippen molar-refractivity contribution in [3.8, 4) is 0 Å². The third-order valence-corrected chi connectivity index (χ3v) is 4.38. The van der Waals surface area contributed by atoms with Crippen molar-refractivity contribution in [3.05, 3.63) is 35.1 Å². The lowest BCUT2D eigenvalue weighted by Gasteiger charge is -2.36. The maximum Gasteiger partial charge on any atom is 0.126 e. The van der Waals surface area contributed by atoms with Crippen LogP contribution in [0, 0.1) is 12.7 Å². The van der Waals surface area contributed by atoms with Gasteiger partial charge in [-0.15, -0.1) is 0 Å². The second-order valence-electron chi connectivity index (χ2n) is 6.12. The number of benzene rings is 1. The molecule has 0 spiro atoms. The fraction of sp³-hybridized carbons (Fsp3) is 0.647. The Morgan fingerprint density at radius 1 is 1.25 bits per heavy atom. The van der Waals surface area contributed by atoms with Gasteiger partial charge in [-0.2, -0.15) is 0 Å². The van der Waals surface area contributed by atoms with Gasteiger partial charge < -0.3 is 5.73 Å². The molecular formula is C17H27FN2. The number of halogens is 1. The Labute approximate surface area is 122 Å². The molecule has 3 heteroatoms. The van der Waals surface area contributed by atoms with Gasteiger partial charge >= 0.3 is 0 Å². The zero-order valence-electron chi connectivity index (χ0n) is 12.7. The minimum atomic E-state index is -0.112. The topological polar surface area (TPSA) is 29.3 Å². The summed E-state index contributed by atoms with van der Waals surface area (Å²) in [4.78, 5) is 2.55. The van der Waals surface area contributed by atoms with E-state index in [0.29, 0.717) is 12.1 Å². The Kier molecular flexibility index (Phi) is 5.55. The molecule has 0 aromatic heterocycles. The van der Waals surface area contributed by atoms with Crippen molar-refractivity contribution >= 4 is 0 Å². The van der Waals surface area contributed by atoms with E-state index in [1.165, 1.54) is 18.4 Å². The largest absolute Gasteiger partial charge is 0.328 e. The summed E-state index contributed by atoms with van der Waals surface area (Å²) < 4.78 is 13.4. The second-order valence-corrected chi connectivity index (χ2v) is 6.12. The van der Waals surface area contributed by atoms with Crippen LogP contribution in [0.2, 0.25) is 0 Å². The van der Waals surface area contributed by atoms with Crippen molar-refractivity contribution in [2.75, 3.05) is 6.54 Å². The Balaban J connectivity index is 2.02. The predicted molar refractivity (Wildman–Crippen MR) is 82.1 cm³/mol. The van der Waals surface area contributed by atoms with E-state index in [1.54, 1.807) is 6.07 Å². The van der Waals surface area contributed by atoms with Gasteiger partial charge in [0.1, 0.15) is 5.82 Å². The lowest BCUT2D eigenvalue weighted by molar-refractivity contribution is 0.142. The molecule has 2 rings (SSSR count). The molecule has 112 valence electrons.